The molecule has 0 spiro atoms. The Bertz CT molecular complexity index is 514. The topological polar surface area (TPSA) is 79.8 Å². The molecule has 1 amide bonds. The Labute approximate surface area is 94.2 Å². The largest absolute Gasteiger partial charge is 0.433 e. The highest BCUT2D eigenvalue weighted by molar-refractivity contribution is 6.00. The van der Waals surface area contributed by atoms with Crippen LogP contribution in [0.15, 0.2) is 23.8 Å². The Morgan fingerprint density at radius 2 is 2.12 bits per heavy atom. The summed E-state index contributed by atoms with van der Waals surface area (Å²) in [7, 11) is 0. The number of alkyl halides is 3. The fourth-order valence-corrected chi connectivity index (χ4v) is 0.996. The van der Waals surface area contributed by atoms with Gasteiger partial charge in [0.05, 0.1) is 5.69 Å². The quantitative estimate of drug-likeness (QED) is 0.629. The number of carbonyl (C=O) groups is 1. The lowest BCUT2D eigenvalue weighted by Gasteiger charge is -2.05. The van der Waals surface area contributed by atoms with E-state index in [2.05, 4.69) is 4.98 Å². The number of nitrogens with two attached hydrogens (primary N) is 1. The summed E-state index contributed by atoms with van der Waals surface area (Å²) >= 11 is 0. The molecule has 2 N–H and O–H groups in total. The average Bonchev–Trinajstić information content (AvgIpc) is 2.24. The second-order valence-electron chi connectivity index (χ2n) is 2.98. The van der Waals surface area contributed by atoms with E-state index < -0.39 is 23.4 Å². The van der Waals surface area contributed by atoms with Crippen molar-refractivity contribution in [2.24, 2.45) is 5.73 Å². The molecule has 0 saturated heterocycles. The molecule has 0 bridgehead atoms. The molecule has 4 nitrogen and oxygen atoms in total. The molecule has 88 valence electrons. The van der Waals surface area contributed by atoms with Gasteiger partial charge in [-0.1, -0.05) is 6.07 Å². The van der Waals surface area contributed by atoms with Crippen molar-refractivity contribution >= 4 is 12.0 Å². The Balaban J connectivity index is 3.18. The van der Waals surface area contributed by atoms with Crippen molar-refractivity contribution in [2.75, 3.05) is 0 Å². The number of halogens is 3. The molecule has 0 aliphatic heterocycles. The number of aromatic nitrogens is 1. The normalized spacial score (nSPS) is 12.0. The maximum absolute atomic E-state index is 12.3. The van der Waals surface area contributed by atoms with E-state index in [1.54, 1.807) is 0 Å². The van der Waals surface area contributed by atoms with Gasteiger partial charge in [-0.3, -0.25) is 4.79 Å². The number of nitrogens with zero attached hydrogens (tertiary/aromatic N) is 2. The van der Waals surface area contributed by atoms with E-state index in [9.17, 15) is 18.0 Å². The van der Waals surface area contributed by atoms with Gasteiger partial charge < -0.3 is 5.73 Å². The zero-order valence-electron chi connectivity index (χ0n) is 8.32. The molecule has 0 unspecified atom stereocenters. The van der Waals surface area contributed by atoms with Crippen LogP contribution >= 0.6 is 0 Å². The third-order valence-corrected chi connectivity index (χ3v) is 1.74. The van der Waals surface area contributed by atoms with Gasteiger partial charge in [-0.15, -0.1) is 0 Å². The first-order valence-electron chi connectivity index (χ1n) is 4.30. The summed E-state index contributed by atoms with van der Waals surface area (Å²) < 4.78 is 36.9. The zero-order chi connectivity index (χ0) is 13.1. The molecule has 7 heteroatoms. The lowest BCUT2D eigenvalue weighted by Crippen LogP contribution is -2.13. The SMILES string of the molecule is N#CC(=Cc1cccc(C(F)(F)F)n1)C(N)=O. The molecular formula is C10H6F3N3O. The van der Waals surface area contributed by atoms with Gasteiger partial charge in [0.25, 0.3) is 5.91 Å². The highest BCUT2D eigenvalue weighted by atomic mass is 19.4. The van der Waals surface area contributed by atoms with Crippen molar-refractivity contribution in [1.29, 1.82) is 5.26 Å². The molecule has 1 aromatic heterocycles. The number of pyridine rings is 1. The van der Waals surface area contributed by atoms with Crippen LogP contribution in [0.2, 0.25) is 0 Å². The van der Waals surface area contributed by atoms with Crippen molar-refractivity contribution in [3.63, 3.8) is 0 Å². The van der Waals surface area contributed by atoms with Crippen LogP contribution in [0.1, 0.15) is 11.4 Å². The highest BCUT2D eigenvalue weighted by Gasteiger charge is 2.32. The van der Waals surface area contributed by atoms with Crippen LogP contribution in [0.5, 0.6) is 0 Å². The predicted molar refractivity (Wildman–Crippen MR) is 52.0 cm³/mol. The molecule has 0 radical (unpaired) electrons. The van der Waals surface area contributed by atoms with Gasteiger partial charge in [0.2, 0.25) is 0 Å². The van der Waals surface area contributed by atoms with Crippen molar-refractivity contribution in [3.8, 4) is 6.07 Å². The summed E-state index contributed by atoms with van der Waals surface area (Å²) in [5, 5.41) is 8.52. The van der Waals surface area contributed by atoms with Crippen molar-refractivity contribution < 1.29 is 18.0 Å². The lowest BCUT2D eigenvalue weighted by molar-refractivity contribution is -0.141. The third-order valence-electron chi connectivity index (χ3n) is 1.74. The van der Waals surface area contributed by atoms with E-state index >= 15 is 0 Å². The maximum Gasteiger partial charge on any atom is 0.433 e. The van der Waals surface area contributed by atoms with E-state index in [0.29, 0.717) is 0 Å². The van der Waals surface area contributed by atoms with Gasteiger partial charge in [-0.05, 0) is 18.2 Å². The number of hydrogen-bond acceptors (Lipinski definition) is 3. The number of rotatable bonds is 2. The summed E-state index contributed by atoms with van der Waals surface area (Å²) in [6, 6.07) is 4.61. The number of primary amides is 1. The minimum Gasteiger partial charge on any atom is -0.365 e. The summed E-state index contributed by atoms with van der Waals surface area (Å²) in [6.07, 6.45) is -3.68. The predicted octanol–water partition coefficient (Wildman–Crippen LogP) is 1.49. The van der Waals surface area contributed by atoms with Gasteiger partial charge in [0.15, 0.2) is 0 Å². The van der Waals surface area contributed by atoms with Crippen LogP contribution in [-0.4, -0.2) is 10.9 Å². The van der Waals surface area contributed by atoms with E-state index in [0.717, 1.165) is 18.2 Å². The Kier molecular flexibility index (Phi) is 3.48. The first-order chi connectivity index (χ1) is 7.84. The second-order valence-corrected chi connectivity index (χ2v) is 2.98. The molecule has 0 aromatic carbocycles. The zero-order valence-corrected chi connectivity index (χ0v) is 8.32. The van der Waals surface area contributed by atoms with Crippen LogP contribution in [0.25, 0.3) is 6.08 Å². The molecular weight excluding hydrogens is 235 g/mol. The van der Waals surface area contributed by atoms with Crippen LogP contribution in [0.4, 0.5) is 13.2 Å². The van der Waals surface area contributed by atoms with E-state index in [1.165, 1.54) is 12.1 Å². The van der Waals surface area contributed by atoms with Gasteiger partial charge >= 0.3 is 6.18 Å². The number of hydrogen-bond donors (Lipinski definition) is 1. The smallest absolute Gasteiger partial charge is 0.365 e. The van der Waals surface area contributed by atoms with Crippen LogP contribution in [-0.2, 0) is 11.0 Å². The van der Waals surface area contributed by atoms with Gasteiger partial charge in [0, 0.05) is 0 Å². The van der Waals surface area contributed by atoms with Gasteiger partial charge in [-0.25, -0.2) is 4.98 Å². The fourth-order valence-electron chi connectivity index (χ4n) is 0.996. The molecule has 1 aromatic rings. The summed E-state index contributed by atoms with van der Waals surface area (Å²) in [5.74, 6) is -1.02. The number of amides is 1. The molecule has 0 atom stereocenters. The minimum absolute atomic E-state index is 0.157. The van der Waals surface area contributed by atoms with Gasteiger partial charge in [-0.2, -0.15) is 18.4 Å². The van der Waals surface area contributed by atoms with Crippen molar-refractivity contribution in [3.05, 3.63) is 35.2 Å². The van der Waals surface area contributed by atoms with Crippen molar-refractivity contribution in [1.82, 2.24) is 4.98 Å². The van der Waals surface area contributed by atoms with Gasteiger partial charge in [0.1, 0.15) is 17.3 Å². The number of carbonyl (C=O) groups excluding carboxylic acids is 1. The monoisotopic (exact) mass is 241 g/mol. The average molecular weight is 241 g/mol. The Morgan fingerprint density at radius 1 is 1.47 bits per heavy atom. The van der Waals surface area contributed by atoms with E-state index in [-0.39, 0.29) is 5.69 Å². The standard InChI is InChI=1S/C10H6F3N3O/c11-10(12,13)8-3-1-2-7(16-8)4-6(5-14)9(15)17/h1-4H,(H2,15,17). The molecule has 17 heavy (non-hydrogen) atoms. The maximum atomic E-state index is 12.3. The Morgan fingerprint density at radius 3 is 2.59 bits per heavy atom. The fraction of sp³-hybridized carbons (Fsp3) is 0.100. The first-order valence-corrected chi connectivity index (χ1v) is 4.30. The van der Waals surface area contributed by atoms with Crippen LogP contribution in [0, 0.1) is 11.3 Å². The molecule has 1 rings (SSSR count). The summed E-state index contributed by atoms with van der Waals surface area (Å²) in [4.78, 5) is 14.0. The molecule has 0 aliphatic carbocycles. The molecule has 1 heterocycles. The first kappa shape index (κ1) is 12.7. The molecule has 0 fully saturated rings. The van der Waals surface area contributed by atoms with Crippen LogP contribution < -0.4 is 5.73 Å². The second kappa shape index (κ2) is 4.65. The van der Waals surface area contributed by atoms with E-state index in [1.807, 2.05) is 0 Å². The summed E-state index contributed by atoms with van der Waals surface area (Å²) in [5.41, 5.74) is 3.12. The molecule has 0 aliphatic rings. The van der Waals surface area contributed by atoms with E-state index in [4.69, 9.17) is 11.0 Å². The Hall–Kier alpha value is -2.36. The summed E-state index contributed by atoms with van der Waals surface area (Å²) in [6.45, 7) is 0. The molecule has 0 saturated carbocycles. The van der Waals surface area contributed by atoms with Crippen molar-refractivity contribution in [2.45, 2.75) is 6.18 Å². The third kappa shape index (κ3) is 3.31. The minimum atomic E-state index is -4.58. The number of nitriles is 1. The lowest BCUT2D eigenvalue weighted by atomic mass is 10.2. The highest BCUT2D eigenvalue weighted by Crippen LogP contribution is 2.27. The van der Waals surface area contributed by atoms with Crippen LogP contribution in [0.3, 0.4) is 0 Å².